The van der Waals surface area contributed by atoms with Gasteiger partial charge in [-0.15, -0.1) is 0 Å². The molecule has 9 heteroatoms. The fourth-order valence-corrected chi connectivity index (χ4v) is 0.270. The summed E-state index contributed by atoms with van der Waals surface area (Å²) in [4.78, 5) is 29.0. The average molecular weight is 224 g/mol. The summed E-state index contributed by atoms with van der Waals surface area (Å²) in [6.07, 6.45) is -4.53. The van der Waals surface area contributed by atoms with Crippen LogP contribution in [0.4, 0.5) is 4.79 Å². The van der Waals surface area contributed by atoms with Gasteiger partial charge >= 0.3 is 18.0 Å². The highest BCUT2D eigenvalue weighted by Gasteiger charge is 2.29. The number of carbonyl (C=O) groups excluding carboxylic acids is 1. The smallest absolute Gasteiger partial charge is 0.335 e. The standard InChI is InChI=1S/C4H6O6.C2H6N2O/c5-1(3(7)8)2(6)4(9)10;1-4-2(3)5/h1-2,5-6H,(H,7,8)(H,9,10);1H3,(H3,3,4,5). The summed E-state index contributed by atoms with van der Waals surface area (Å²) >= 11 is 0. The van der Waals surface area contributed by atoms with Gasteiger partial charge in [0.05, 0.1) is 0 Å². The minimum Gasteiger partial charge on any atom is -0.479 e. The van der Waals surface area contributed by atoms with Crippen molar-refractivity contribution in [1.29, 1.82) is 0 Å². The molecule has 0 heterocycles. The molecule has 0 saturated carbocycles. The lowest BCUT2D eigenvalue weighted by Gasteiger charge is -2.07. The van der Waals surface area contributed by atoms with E-state index < -0.39 is 30.2 Å². The summed E-state index contributed by atoms with van der Waals surface area (Å²) in [5.41, 5.74) is 4.54. The maximum absolute atomic E-state index is 9.77. The third kappa shape index (κ3) is 8.46. The summed E-state index contributed by atoms with van der Waals surface area (Å²) in [6, 6.07) is -0.495. The zero-order valence-corrected chi connectivity index (χ0v) is 7.75. The number of hydrogen-bond acceptors (Lipinski definition) is 5. The largest absolute Gasteiger partial charge is 0.479 e. The molecule has 0 bridgehead atoms. The highest BCUT2D eigenvalue weighted by atomic mass is 16.4. The molecular weight excluding hydrogens is 212 g/mol. The summed E-state index contributed by atoms with van der Waals surface area (Å²) in [7, 11) is 1.47. The normalized spacial score (nSPS) is 12.7. The van der Waals surface area contributed by atoms with Crippen LogP contribution in [-0.4, -0.2) is 57.7 Å². The molecule has 2 amide bonds. The Bertz CT molecular complexity index is 224. The molecule has 0 aromatic carbocycles. The number of aliphatic hydroxyl groups excluding tert-OH is 2. The molecule has 0 saturated heterocycles. The first-order valence-electron chi connectivity index (χ1n) is 3.53. The van der Waals surface area contributed by atoms with E-state index in [4.69, 9.17) is 20.4 Å². The first kappa shape index (κ1) is 15.6. The summed E-state index contributed by atoms with van der Waals surface area (Å²) in [6.45, 7) is 0. The van der Waals surface area contributed by atoms with Crippen molar-refractivity contribution in [3.63, 3.8) is 0 Å². The number of nitrogens with two attached hydrogens (primary N) is 1. The molecule has 0 aromatic rings. The summed E-state index contributed by atoms with van der Waals surface area (Å²) in [5, 5.41) is 34.7. The van der Waals surface area contributed by atoms with Gasteiger partial charge in [0.15, 0.2) is 12.2 Å². The number of urea groups is 1. The molecule has 0 radical (unpaired) electrons. The van der Waals surface area contributed by atoms with E-state index >= 15 is 0 Å². The molecule has 0 fully saturated rings. The van der Waals surface area contributed by atoms with Gasteiger partial charge < -0.3 is 31.5 Å². The SMILES string of the molecule is CNC(N)=O.O=C(O)C(O)C(O)C(=O)O. The van der Waals surface area contributed by atoms with Crippen LogP contribution in [0.5, 0.6) is 0 Å². The first-order chi connectivity index (χ1) is 6.73. The predicted octanol–water partition coefficient (Wildman–Crippen LogP) is -2.84. The molecule has 0 aromatic heterocycles. The Hall–Kier alpha value is -1.87. The third-order valence-electron chi connectivity index (χ3n) is 1.05. The zero-order chi connectivity index (χ0) is 12.6. The van der Waals surface area contributed by atoms with Crippen molar-refractivity contribution in [2.45, 2.75) is 12.2 Å². The molecule has 88 valence electrons. The van der Waals surface area contributed by atoms with Crippen molar-refractivity contribution < 1.29 is 34.8 Å². The third-order valence-corrected chi connectivity index (χ3v) is 1.05. The van der Waals surface area contributed by atoms with Gasteiger partial charge in [0.2, 0.25) is 0 Å². The van der Waals surface area contributed by atoms with E-state index in [1.165, 1.54) is 7.05 Å². The monoisotopic (exact) mass is 224 g/mol. The number of rotatable bonds is 3. The number of carboxylic acid groups (broad SMARTS) is 2. The highest BCUT2D eigenvalue weighted by molar-refractivity contribution is 5.83. The van der Waals surface area contributed by atoms with Crippen LogP contribution >= 0.6 is 0 Å². The molecule has 9 nitrogen and oxygen atoms in total. The number of carboxylic acids is 2. The van der Waals surface area contributed by atoms with Crippen molar-refractivity contribution in [3.8, 4) is 0 Å². The molecule has 7 N–H and O–H groups in total. The van der Waals surface area contributed by atoms with Crippen LogP contribution in [0.25, 0.3) is 0 Å². The summed E-state index contributed by atoms with van der Waals surface area (Å²) in [5.74, 6) is -3.54. The van der Waals surface area contributed by atoms with Gasteiger partial charge in [-0.1, -0.05) is 0 Å². The van der Waals surface area contributed by atoms with E-state index in [0.29, 0.717) is 0 Å². The lowest BCUT2D eigenvalue weighted by Crippen LogP contribution is -2.39. The Balaban J connectivity index is 0. The number of primary amides is 1. The molecule has 0 aliphatic rings. The molecule has 2 atom stereocenters. The number of aliphatic carboxylic acids is 2. The fourth-order valence-electron chi connectivity index (χ4n) is 0.270. The van der Waals surface area contributed by atoms with Crippen molar-refractivity contribution in [3.05, 3.63) is 0 Å². The van der Waals surface area contributed by atoms with Crippen LogP contribution in [-0.2, 0) is 9.59 Å². The van der Waals surface area contributed by atoms with Crippen LogP contribution in [0.2, 0.25) is 0 Å². The molecular formula is C6H12N2O7. The second kappa shape index (κ2) is 7.53. The molecule has 0 spiro atoms. The van der Waals surface area contributed by atoms with E-state index in [1.807, 2.05) is 0 Å². The van der Waals surface area contributed by atoms with E-state index in [9.17, 15) is 14.4 Å². The Morgan fingerprint density at radius 2 is 1.27 bits per heavy atom. The van der Waals surface area contributed by atoms with Crippen LogP contribution in [0.15, 0.2) is 0 Å². The van der Waals surface area contributed by atoms with E-state index in [-0.39, 0.29) is 0 Å². The van der Waals surface area contributed by atoms with E-state index in [1.54, 1.807) is 0 Å². The van der Waals surface area contributed by atoms with Crippen molar-refractivity contribution >= 4 is 18.0 Å². The number of aliphatic hydroxyl groups is 2. The maximum atomic E-state index is 9.77. The Morgan fingerprint density at radius 3 is 1.33 bits per heavy atom. The first-order valence-corrected chi connectivity index (χ1v) is 3.53. The maximum Gasteiger partial charge on any atom is 0.335 e. The van der Waals surface area contributed by atoms with Gasteiger partial charge in [0.1, 0.15) is 0 Å². The molecule has 0 aliphatic heterocycles. The highest BCUT2D eigenvalue weighted by Crippen LogP contribution is 1.92. The Labute approximate surface area is 84.1 Å². The minimum atomic E-state index is -2.27. The Morgan fingerprint density at radius 1 is 1.07 bits per heavy atom. The van der Waals surface area contributed by atoms with Crippen molar-refractivity contribution in [1.82, 2.24) is 5.32 Å². The molecule has 0 aliphatic carbocycles. The Kier molecular flexibility index (Phi) is 7.82. The van der Waals surface area contributed by atoms with Crippen LogP contribution < -0.4 is 11.1 Å². The van der Waals surface area contributed by atoms with Gasteiger partial charge in [0, 0.05) is 7.05 Å². The summed E-state index contributed by atoms with van der Waals surface area (Å²) < 4.78 is 0. The van der Waals surface area contributed by atoms with Gasteiger partial charge in [-0.3, -0.25) is 0 Å². The minimum absolute atomic E-state index is 0.495. The van der Waals surface area contributed by atoms with Gasteiger partial charge in [0.25, 0.3) is 0 Å². The quantitative estimate of drug-likeness (QED) is 0.299. The number of hydrogen-bond donors (Lipinski definition) is 6. The molecule has 2 unspecified atom stereocenters. The van der Waals surface area contributed by atoms with Gasteiger partial charge in [-0.2, -0.15) is 0 Å². The number of carbonyl (C=O) groups is 3. The predicted molar refractivity (Wildman–Crippen MR) is 45.9 cm³/mol. The van der Waals surface area contributed by atoms with Crippen molar-refractivity contribution in [2.24, 2.45) is 5.73 Å². The number of amides is 2. The van der Waals surface area contributed by atoms with Crippen LogP contribution in [0, 0.1) is 0 Å². The van der Waals surface area contributed by atoms with Crippen molar-refractivity contribution in [2.75, 3.05) is 7.05 Å². The zero-order valence-electron chi connectivity index (χ0n) is 7.75. The van der Waals surface area contributed by atoms with Gasteiger partial charge in [-0.05, 0) is 0 Å². The lowest BCUT2D eigenvalue weighted by molar-refractivity contribution is -0.165. The lowest BCUT2D eigenvalue weighted by atomic mass is 10.2. The van der Waals surface area contributed by atoms with Gasteiger partial charge in [-0.25, -0.2) is 14.4 Å². The molecule has 15 heavy (non-hydrogen) atoms. The second-order valence-electron chi connectivity index (χ2n) is 2.18. The topological polar surface area (TPSA) is 170 Å². The molecule has 0 rings (SSSR count). The second-order valence-corrected chi connectivity index (χ2v) is 2.18. The number of nitrogens with one attached hydrogen (secondary N) is 1. The van der Waals surface area contributed by atoms with E-state index in [2.05, 4.69) is 11.1 Å². The van der Waals surface area contributed by atoms with Crippen LogP contribution in [0.3, 0.4) is 0 Å². The van der Waals surface area contributed by atoms with E-state index in [0.717, 1.165) is 0 Å². The van der Waals surface area contributed by atoms with Crippen LogP contribution in [0.1, 0.15) is 0 Å². The average Bonchev–Trinajstić information content (AvgIpc) is 2.16. The fraction of sp³-hybridized carbons (Fsp3) is 0.500.